The van der Waals surface area contributed by atoms with E-state index in [1.807, 2.05) is 6.07 Å². The third-order valence-electron chi connectivity index (χ3n) is 2.23. The van der Waals surface area contributed by atoms with Crippen LogP contribution < -0.4 is 10.4 Å². The Balaban J connectivity index is 1.94. The minimum Gasteiger partial charge on any atom is -0.550 e. The van der Waals surface area contributed by atoms with Gasteiger partial charge in [-0.3, -0.25) is 0 Å². The highest BCUT2D eigenvalue weighted by Gasteiger charge is 2.02. The molecule has 1 aromatic carbocycles. The monoisotopic (exact) mass is 263 g/mol. The third kappa shape index (κ3) is 3.46. The molecule has 0 amide bonds. The molecule has 18 heavy (non-hydrogen) atoms. The molecule has 0 radical (unpaired) electrons. The number of carbonyl (C=O) groups excluding carboxylic acids is 1. The second-order valence-corrected chi connectivity index (χ2v) is 4.57. The molecule has 94 valence electrons. The molecule has 0 fully saturated rings. The lowest BCUT2D eigenvalue weighted by atomic mass is 10.2. The van der Waals surface area contributed by atoms with E-state index < -0.39 is 5.97 Å². The summed E-state index contributed by atoms with van der Waals surface area (Å²) in [6.07, 6.45) is -0.176. The number of aromatic nitrogens is 1. The van der Waals surface area contributed by atoms with Crippen molar-refractivity contribution < 1.29 is 15.0 Å². The van der Waals surface area contributed by atoms with Crippen LogP contribution in [0.4, 0.5) is 5.13 Å². The van der Waals surface area contributed by atoms with Crippen LogP contribution in [0.25, 0.3) is 0 Å². The molecular formula is C12H11N2O3S-. The lowest BCUT2D eigenvalue weighted by Crippen LogP contribution is -2.24. The van der Waals surface area contributed by atoms with Crippen molar-refractivity contribution in [2.45, 2.75) is 13.0 Å². The molecule has 2 aromatic rings. The van der Waals surface area contributed by atoms with E-state index in [9.17, 15) is 15.0 Å². The van der Waals surface area contributed by atoms with Crippen molar-refractivity contribution in [3.8, 4) is 5.75 Å². The van der Waals surface area contributed by atoms with E-state index in [-0.39, 0.29) is 12.2 Å². The predicted molar refractivity (Wildman–Crippen MR) is 66.3 cm³/mol. The number of thiazole rings is 1. The van der Waals surface area contributed by atoms with Crippen LogP contribution in [0.2, 0.25) is 0 Å². The number of carboxylic acids is 1. The summed E-state index contributed by atoms with van der Waals surface area (Å²) >= 11 is 1.34. The molecule has 0 saturated carbocycles. The lowest BCUT2D eigenvalue weighted by Gasteiger charge is -2.03. The fourth-order valence-corrected chi connectivity index (χ4v) is 2.17. The Morgan fingerprint density at radius 1 is 1.50 bits per heavy atom. The molecule has 2 rings (SSSR count). The van der Waals surface area contributed by atoms with E-state index in [2.05, 4.69) is 10.3 Å². The van der Waals surface area contributed by atoms with Gasteiger partial charge in [-0.05, 0) is 17.7 Å². The van der Waals surface area contributed by atoms with E-state index in [0.29, 0.717) is 17.4 Å². The van der Waals surface area contributed by atoms with Gasteiger partial charge in [-0.1, -0.05) is 12.1 Å². The number of aliphatic carboxylic acids is 1. The fraction of sp³-hybridized carbons (Fsp3) is 0.167. The number of carboxylic acid groups (broad SMARTS) is 1. The number of hydrogen-bond acceptors (Lipinski definition) is 6. The zero-order valence-electron chi connectivity index (χ0n) is 9.42. The summed E-state index contributed by atoms with van der Waals surface area (Å²) in [5.41, 5.74) is 1.41. The first-order valence-corrected chi connectivity index (χ1v) is 6.17. The fourth-order valence-electron chi connectivity index (χ4n) is 1.46. The van der Waals surface area contributed by atoms with Crippen LogP contribution in [0.15, 0.2) is 29.6 Å². The van der Waals surface area contributed by atoms with Crippen molar-refractivity contribution in [2.24, 2.45) is 0 Å². The molecule has 1 heterocycles. The van der Waals surface area contributed by atoms with Crippen molar-refractivity contribution in [2.75, 3.05) is 5.32 Å². The number of rotatable bonds is 5. The van der Waals surface area contributed by atoms with Crippen LogP contribution in [-0.2, 0) is 17.8 Å². The first kappa shape index (κ1) is 12.4. The number of nitrogens with zero attached hydrogens (tertiary/aromatic N) is 1. The Hall–Kier alpha value is -2.08. The Labute approximate surface area is 108 Å². The summed E-state index contributed by atoms with van der Waals surface area (Å²) in [4.78, 5) is 14.5. The number of aromatic hydroxyl groups is 1. The predicted octanol–water partition coefficient (Wildman–Crippen LogP) is 0.753. The maximum Gasteiger partial charge on any atom is 0.183 e. The highest BCUT2D eigenvalue weighted by molar-refractivity contribution is 7.13. The molecule has 0 bridgehead atoms. The summed E-state index contributed by atoms with van der Waals surface area (Å²) in [5, 5.41) is 25.1. The topological polar surface area (TPSA) is 85.3 Å². The molecule has 0 aliphatic carbocycles. The maximum atomic E-state index is 10.4. The Morgan fingerprint density at radius 2 is 2.33 bits per heavy atom. The normalized spacial score (nSPS) is 10.2. The van der Waals surface area contributed by atoms with Crippen LogP contribution in [0.3, 0.4) is 0 Å². The van der Waals surface area contributed by atoms with Crippen LogP contribution in [0, 0.1) is 0 Å². The number of carbonyl (C=O) groups is 1. The van der Waals surface area contributed by atoms with Crippen LogP contribution in [-0.4, -0.2) is 16.1 Å². The van der Waals surface area contributed by atoms with Gasteiger partial charge in [0.15, 0.2) is 5.13 Å². The van der Waals surface area contributed by atoms with Gasteiger partial charge < -0.3 is 20.3 Å². The van der Waals surface area contributed by atoms with Crippen molar-refractivity contribution in [3.63, 3.8) is 0 Å². The van der Waals surface area contributed by atoms with Crippen molar-refractivity contribution in [1.82, 2.24) is 4.98 Å². The molecule has 1 aromatic heterocycles. The number of nitrogens with one attached hydrogen (secondary N) is 1. The standard InChI is InChI=1S/C12H12N2O3S/c15-10-3-1-2-8(4-10)6-13-12-14-9(7-18-12)5-11(16)17/h1-4,7,15H,5-6H2,(H,13,14)(H,16,17)/p-1. The van der Waals surface area contributed by atoms with E-state index in [4.69, 9.17) is 0 Å². The molecule has 0 spiro atoms. The highest BCUT2D eigenvalue weighted by atomic mass is 32.1. The van der Waals surface area contributed by atoms with Gasteiger partial charge in [0, 0.05) is 24.3 Å². The minimum absolute atomic E-state index is 0.176. The molecule has 6 heteroatoms. The average Bonchev–Trinajstić information content (AvgIpc) is 2.73. The number of phenols is 1. The SMILES string of the molecule is O=C([O-])Cc1csc(NCc2cccc(O)c2)n1. The molecule has 0 atom stereocenters. The zero-order chi connectivity index (χ0) is 13.0. The Kier molecular flexibility index (Phi) is 3.78. The van der Waals surface area contributed by atoms with Crippen molar-refractivity contribution in [3.05, 3.63) is 40.9 Å². The molecule has 5 nitrogen and oxygen atoms in total. The molecule has 0 saturated heterocycles. The highest BCUT2D eigenvalue weighted by Crippen LogP contribution is 2.17. The van der Waals surface area contributed by atoms with Crippen molar-refractivity contribution >= 4 is 22.4 Å². The van der Waals surface area contributed by atoms with Gasteiger partial charge in [0.05, 0.1) is 5.69 Å². The maximum absolute atomic E-state index is 10.4. The van der Waals surface area contributed by atoms with E-state index in [0.717, 1.165) is 5.56 Å². The van der Waals surface area contributed by atoms with Gasteiger partial charge in [-0.2, -0.15) is 0 Å². The second kappa shape index (κ2) is 5.50. The largest absolute Gasteiger partial charge is 0.550 e. The number of anilines is 1. The van der Waals surface area contributed by atoms with Gasteiger partial charge in [0.2, 0.25) is 0 Å². The number of phenolic OH excluding ortho intramolecular Hbond substituents is 1. The molecular weight excluding hydrogens is 252 g/mol. The quantitative estimate of drug-likeness (QED) is 0.831. The third-order valence-corrected chi connectivity index (χ3v) is 3.08. The van der Waals surface area contributed by atoms with Crippen LogP contribution in [0.1, 0.15) is 11.3 Å². The van der Waals surface area contributed by atoms with Gasteiger partial charge >= 0.3 is 0 Å². The summed E-state index contributed by atoms with van der Waals surface area (Å²) in [6.45, 7) is 0.521. The average molecular weight is 263 g/mol. The number of benzene rings is 1. The van der Waals surface area contributed by atoms with Crippen LogP contribution in [0.5, 0.6) is 5.75 Å². The molecule has 2 N–H and O–H groups in total. The summed E-state index contributed by atoms with van der Waals surface area (Å²) in [6, 6.07) is 6.89. The first-order valence-electron chi connectivity index (χ1n) is 5.29. The summed E-state index contributed by atoms with van der Waals surface area (Å²) < 4.78 is 0. The van der Waals surface area contributed by atoms with Crippen LogP contribution >= 0.6 is 11.3 Å². The lowest BCUT2D eigenvalue weighted by molar-refractivity contribution is -0.304. The van der Waals surface area contributed by atoms with E-state index in [1.54, 1.807) is 23.6 Å². The Morgan fingerprint density at radius 3 is 3.06 bits per heavy atom. The molecule has 0 unspecified atom stereocenters. The van der Waals surface area contributed by atoms with Crippen molar-refractivity contribution in [1.29, 1.82) is 0 Å². The van der Waals surface area contributed by atoms with Gasteiger partial charge in [0.1, 0.15) is 5.75 Å². The molecule has 0 aliphatic heterocycles. The first-order chi connectivity index (χ1) is 8.63. The minimum atomic E-state index is -1.14. The van der Waals surface area contributed by atoms with Gasteiger partial charge in [-0.15, -0.1) is 11.3 Å². The van der Waals surface area contributed by atoms with Gasteiger partial charge in [0.25, 0.3) is 0 Å². The second-order valence-electron chi connectivity index (χ2n) is 3.72. The zero-order valence-corrected chi connectivity index (χ0v) is 10.2. The van der Waals surface area contributed by atoms with Gasteiger partial charge in [-0.25, -0.2) is 4.98 Å². The number of hydrogen-bond donors (Lipinski definition) is 2. The molecule has 0 aliphatic rings. The van der Waals surface area contributed by atoms with E-state index >= 15 is 0 Å². The summed E-state index contributed by atoms with van der Waals surface area (Å²) in [5.74, 6) is -0.925. The smallest absolute Gasteiger partial charge is 0.183 e. The van der Waals surface area contributed by atoms with E-state index in [1.165, 1.54) is 11.3 Å². The Bertz CT molecular complexity index is 554. The summed E-state index contributed by atoms with van der Waals surface area (Å²) in [7, 11) is 0.